The lowest BCUT2D eigenvalue weighted by atomic mass is 10.2. The van der Waals surface area contributed by atoms with Crippen molar-refractivity contribution in [3.8, 4) is 11.5 Å². The Labute approximate surface area is 145 Å². The molecular formula is C16H14Br2O4. The average molecular weight is 430 g/mol. The Hall–Kier alpha value is -1.53. The first-order valence-corrected chi connectivity index (χ1v) is 7.97. The first-order valence-electron chi connectivity index (χ1n) is 6.38. The number of benzene rings is 2. The molecule has 0 amide bonds. The van der Waals surface area contributed by atoms with E-state index < -0.39 is 5.97 Å². The van der Waals surface area contributed by atoms with Gasteiger partial charge in [0.1, 0.15) is 6.61 Å². The second kappa shape index (κ2) is 7.65. The minimum absolute atomic E-state index is 0.389. The van der Waals surface area contributed by atoms with Crippen molar-refractivity contribution in [2.24, 2.45) is 0 Å². The molecule has 0 saturated carbocycles. The molecule has 0 spiro atoms. The van der Waals surface area contributed by atoms with Gasteiger partial charge in [0.25, 0.3) is 0 Å². The maximum Gasteiger partial charge on any atom is 0.338 e. The molecule has 0 fully saturated rings. The molecule has 116 valence electrons. The van der Waals surface area contributed by atoms with Crippen molar-refractivity contribution in [3.63, 3.8) is 0 Å². The van der Waals surface area contributed by atoms with E-state index in [1.165, 1.54) is 14.2 Å². The summed E-state index contributed by atoms with van der Waals surface area (Å²) in [6, 6.07) is 11.1. The summed E-state index contributed by atoms with van der Waals surface area (Å²) in [5.74, 6) is 0.573. The standard InChI is InChI=1S/C16H14Br2O4/c1-20-14-8-11(16(19)21-2)7-13(18)15(14)22-9-10-3-5-12(17)6-4-10/h3-8H,9H2,1-2H3. The van der Waals surface area contributed by atoms with E-state index in [0.717, 1.165) is 10.0 Å². The van der Waals surface area contributed by atoms with Crippen LogP contribution in [0.5, 0.6) is 11.5 Å². The smallest absolute Gasteiger partial charge is 0.338 e. The van der Waals surface area contributed by atoms with Crippen molar-refractivity contribution in [3.05, 3.63) is 56.5 Å². The highest BCUT2D eigenvalue weighted by atomic mass is 79.9. The summed E-state index contributed by atoms with van der Waals surface area (Å²) >= 11 is 6.79. The van der Waals surface area contributed by atoms with Gasteiger partial charge in [-0.15, -0.1) is 0 Å². The fraction of sp³-hybridized carbons (Fsp3) is 0.188. The van der Waals surface area contributed by atoms with E-state index in [0.29, 0.717) is 28.1 Å². The van der Waals surface area contributed by atoms with Gasteiger partial charge in [0.2, 0.25) is 0 Å². The molecule has 0 aliphatic heterocycles. The molecule has 0 unspecified atom stereocenters. The number of methoxy groups -OCH3 is 2. The third-order valence-electron chi connectivity index (χ3n) is 2.95. The SMILES string of the molecule is COC(=O)c1cc(Br)c(OCc2ccc(Br)cc2)c(OC)c1. The Morgan fingerprint density at radius 1 is 1.09 bits per heavy atom. The zero-order chi connectivity index (χ0) is 16.1. The predicted molar refractivity (Wildman–Crippen MR) is 90.5 cm³/mol. The zero-order valence-corrected chi connectivity index (χ0v) is 15.2. The van der Waals surface area contributed by atoms with Gasteiger partial charge in [-0.3, -0.25) is 0 Å². The Bertz CT molecular complexity index is 669. The van der Waals surface area contributed by atoms with Gasteiger partial charge < -0.3 is 14.2 Å². The number of rotatable bonds is 5. The van der Waals surface area contributed by atoms with Gasteiger partial charge in [0.05, 0.1) is 24.3 Å². The molecule has 0 aromatic heterocycles. The van der Waals surface area contributed by atoms with E-state index in [9.17, 15) is 4.79 Å². The number of carbonyl (C=O) groups is 1. The van der Waals surface area contributed by atoms with Gasteiger partial charge in [-0.2, -0.15) is 0 Å². The Balaban J connectivity index is 2.23. The maximum atomic E-state index is 11.6. The third kappa shape index (κ3) is 4.01. The fourth-order valence-electron chi connectivity index (χ4n) is 1.83. The zero-order valence-electron chi connectivity index (χ0n) is 12.1. The van der Waals surface area contributed by atoms with Crippen LogP contribution in [0, 0.1) is 0 Å². The summed E-state index contributed by atoms with van der Waals surface area (Å²) in [6.45, 7) is 0.389. The van der Waals surface area contributed by atoms with Crippen LogP contribution < -0.4 is 9.47 Å². The van der Waals surface area contributed by atoms with Gasteiger partial charge in [-0.1, -0.05) is 28.1 Å². The summed E-state index contributed by atoms with van der Waals surface area (Å²) in [4.78, 5) is 11.6. The molecular weight excluding hydrogens is 416 g/mol. The largest absolute Gasteiger partial charge is 0.493 e. The number of hydrogen-bond donors (Lipinski definition) is 0. The van der Waals surface area contributed by atoms with E-state index in [2.05, 4.69) is 31.9 Å². The van der Waals surface area contributed by atoms with Crippen LogP contribution >= 0.6 is 31.9 Å². The van der Waals surface area contributed by atoms with Crippen LogP contribution in [0.15, 0.2) is 45.3 Å². The Kier molecular flexibility index (Phi) is 5.85. The van der Waals surface area contributed by atoms with Crippen molar-refractivity contribution in [1.29, 1.82) is 0 Å². The summed E-state index contributed by atoms with van der Waals surface area (Å²) in [6.07, 6.45) is 0. The first kappa shape index (κ1) is 16.8. The van der Waals surface area contributed by atoms with Gasteiger partial charge in [-0.05, 0) is 45.8 Å². The first-order chi connectivity index (χ1) is 10.5. The van der Waals surface area contributed by atoms with Crippen molar-refractivity contribution in [1.82, 2.24) is 0 Å². The molecule has 0 N–H and O–H groups in total. The molecule has 0 bridgehead atoms. The van der Waals surface area contributed by atoms with Crippen LogP contribution in [-0.4, -0.2) is 20.2 Å². The van der Waals surface area contributed by atoms with Crippen LogP contribution in [0.2, 0.25) is 0 Å². The summed E-state index contributed by atoms with van der Waals surface area (Å²) in [5, 5.41) is 0. The van der Waals surface area contributed by atoms with E-state index in [4.69, 9.17) is 14.2 Å². The Morgan fingerprint density at radius 2 is 1.77 bits per heavy atom. The summed E-state index contributed by atoms with van der Waals surface area (Å²) in [7, 11) is 2.86. The van der Waals surface area contributed by atoms with Crippen LogP contribution in [0.3, 0.4) is 0 Å². The molecule has 0 aliphatic rings. The second-order valence-corrected chi connectivity index (χ2v) is 6.17. The topological polar surface area (TPSA) is 44.8 Å². The predicted octanol–water partition coefficient (Wildman–Crippen LogP) is 4.59. The van der Waals surface area contributed by atoms with Crippen molar-refractivity contribution in [2.75, 3.05) is 14.2 Å². The van der Waals surface area contributed by atoms with E-state index in [-0.39, 0.29) is 0 Å². The number of esters is 1. The Morgan fingerprint density at radius 3 is 2.36 bits per heavy atom. The number of hydrogen-bond acceptors (Lipinski definition) is 4. The molecule has 6 heteroatoms. The molecule has 22 heavy (non-hydrogen) atoms. The van der Waals surface area contributed by atoms with Crippen LogP contribution in [0.4, 0.5) is 0 Å². The highest BCUT2D eigenvalue weighted by molar-refractivity contribution is 9.10. The normalized spacial score (nSPS) is 10.2. The summed E-state index contributed by atoms with van der Waals surface area (Å²) < 4.78 is 17.5. The lowest BCUT2D eigenvalue weighted by Gasteiger charge is -2.14. The van der Waals surface area contributed by atoms with E-state index >= 15 is 0 Å². The lowest BCUT2D eigenvalue weighted by molar-refractivity contribution is 0.0600. The van der Waals surface area contributed by atoms with Crippen molar-refractivity contribution in [2.45, 2.75) is 6.61 Å². The number of ether oxygens (including phenoxy) is 3. The molecule has 0 saturated heterocycles. The second-order valence-electron chi connectivity index (χ2n) is 4.40. The fourth-order valence-corrected chi connectivity index (χ4v) is 2.65. The highest BCUT2D eigenvalue weighted by Crippen LogP contribution is 2.37. The van der Waals surface area contributed by atoms with Gasteiger partial charge in [-0.25, -0.2) is 4.79 Å². The van der Waals surface area contributed by atoms with E-state index in [1.54, 1.807) is 12.1 Å². The number of carbonyl (C=O) groups excluding carboxylic acids is 1. The molecule has 0 heterocycles. The molecule has 0 radical (unpaired) electrons. The van der Waals surface area contributed by atoms with Crippen molar-refractivity contribution < 1.29 is 19.0 Å². The van der Waals surface area contributed by atoms with E-state index in [1.807, 2.05) is 24.3 Å². The van der Waals surface area contributed by atoms with Crippen LogP contribution in [0.1, 0.15) is 15.9 Å². The lowest BCUT2D eigenvalue weighted by Crippen LogP contribution is -2.04. The molecule has 2 rings (SSSR count). The minimum Gasteiger partial charge on any atom is -0.493 e. The monoisotopic (exact) mass is 428 g/mol. The minimum atomic E-state index is -0.432. The van der Waals surface area contributed by atoms with Crippen molar-refractivity contribution >= 4 is 37.8 Å². The summed E-state index contributed by atoms with van der Waals surface area (Å²) in [5.41, 5.74) is 1.41. The molecule has 2 aromatic rings. The van der Waals surface area contributed by atoms with Gasteiger partial charge in [0.15, 0.2) is 11.5 Å². The molecule has 2 aromatic carbocycles. The quantitative estimate of drug-likeness (QED) is 0.652. The third-order valence-corrected chi connectivity index (χ3v) is 4.06. The van der Waals surface area contributed by atoms with Gasteiger partial charge in [0, 0.05) is 4.47 Å². The maximum absolute atomic E-state index is 11.6. The molecule has 0 aliphatic carbocycles. The van der Waals surface area contributed by atoms with Crippen LogP contribution in [-0.2, 0) is 11.3 Å². The molecule has 0 atom stereocenters. The molecule has 4 nitrogen and oxygen atoms in total. The van der Waals surface area contributed by atoms with Crippen LogP contribution in [0.25, 0.3) is 0 Å². The average Bonchev–Trinajstić information content (AvgIpc) is 2.53. The highest BCUT2D eigenvalue weighted by Gasteiger charge is 2.16. The number of halogens is 2. The van der Waals surface area contributed by atoms with Gasteiger partial charge >= 0.3 is 5.97 Å².